The zero-order chi connectivity index (χ0) is 15.3. The van der Waals surface area contributed by atoms with E-state index in [-0.39, 0.29) is 17.8 Å². The normalized spacial score (nSPS) is 11.2. The number of halogens is 2. The van der Waals surface area contributed by atoms with Crippen LogP contribution in [0, 0.1) is 5.41 Å². The lowest BCUT2D eigenvalue weighted by Crippen LogP contribution is -2.36. The largest absolute Gasteiger partial charge is 0.493 e. The SMILES string of the molecule is COc1ccc(CN(C)CC(C)(C)CN)c(Cl)c1OC.Cl. The fourth-order valence-corrected chi connectivity index (χ4v) is 2.49. The Hall–Kier alpha value is -0.680. The van der Waals surface area contributed by atoms with Crippen molar-refractivity contribution in [1.82, 2.24) is 4.90 Å². The molecule has 0 spiro atoms. The molecule has 1 aromatic rings. The van der Waals surface area contributed by atoms with Gasteiger partial charge in [-0.05, 0) is 30.6 Å². The number of hydrogen-bond acceptors (Lipinski definition) is 4. The maximum absolute atomic E-state index is 6.39. The molecule has 1 rings (SSSR count). The van der Waals surface area contributed by atoms with Gasteiger partial charge in [-0.2, -0.15) is 0 Å². The van der Waals surface area contributed by atoms with E-state index in [1.165, 1.54) is 0 Å². The summed E-state index contributed by atoms with van der Waals surface area (Å²) in [6.45, 7) is 6.59. The van der Waals surface area contributed by atoms with Crippen molar-refractivity contribution in [1.29, 1.82) is 0 Å². The van der Waals surface area contributed by atoms with Crippen molar-refractivity contribution in [2.24, 2.45) is 11.1 Å². The van der Waals surface area contributed by atoms with Crippen LogP contribution < -0.4 is 15.2 Å². The molecule has 1 aromatic carbocycles. The summed E-state index contributed by atoms with van der Waals surface area (Å²) in [6.07, 6.45) is 0. The Morgan fingerprint density at radius 3 is 2.33 bits per heavy atom. The molecule has 4 nitrogen and oxygen atoms in total. The van der Waals surface area contributed by atoms with Crippen LogP contribution in [0.15, 0.2) is 12.1 Å². The molecule has 0 amide bonds. The molecule has 0 fully saturated rings. The first kappa shape index (κ1) is 20.3. The topological polar surface area (TPSA) is 47.7 Å². The van der Waals surface area contributed by atoms with Gasteiger partial charge in [0.05, 0.1) is 19.2 Å². The summed E-state index contributed by atoms with van der Waals surface area (Å²) < 4.78 is 10.6. The fraction of sp³-hybridized carbons (Fsp3) is 0.600. The smallest absolute Gasteiger partial charge is 0.179 e. The summed E-state index contributed by atoms with van der Waals surface area (Å²) in [5, 5.41) is 0.601. The number of nitrogens with two attached hydrogens (primary N) is 1. The molecule has 0 aromatic heterocycles. The highest BCUT2D eigenvalue weighted by atomic mass is 35.5. The predicted octanol–water partition coefficient (Wildman–Crippen LogP) is 3.20. The van der Waals surface area contributed by atoms with Crippen molar-refractivity contribution in [3.05, 3.63) is 22.7 Å². The molecule has 0 saturated carbocycles. The first-order chi connectivity index (χ1) is 9.34. The lowest BCUT2D eigenvalue weighted by Gasteiger charge is -2.29. The van der Waals surface area contributed by atoms with Crippen LogP contribution in [-0.4, -0.2) is 39.3 Å². The highest BCUT2D eigenvalue weighted by molar-refractivity contribution is 6.33. The molecule has 0 aliphatic heterocycles. The molecule has 0 aliphatic carbocycles. The number of rotatable bonds is 7. The maximum atomic E-state index is 6.39. The van der Waals surface area contributed by atoms with Crippen LogP contribution in [0.3, 0.4) is 0 Å². The van der Waals surface area contributed by atoms with E-state index in [1.54, 1.807) is 14.2 Å². The van der Waals surface area contributed by atoms with Crippen molar-refractivity contribution in [2.75, 3.05) is 34.4 Å². The second kappa shape index (κ2) is 8.69. The zero-order valence-corrected chi connectivity index (χ0v) is 15.0. The minimum atomic E-state index is 0. The summed E-state index contributed by atoms with van der Waals surface area (Å²) in [5.41, 5.74) is 6.87. The van der Waals surface area contributed by atoms with E-state index in [0.717, 1.165) is 18.7 Å². The van der Waals surface area contributed by atoms with Gasteiger partial charge >= 0.3 is 0 Å². The van der Waals surface area contributed by atoms with Crippen molar-refractivity contribution in [3.8, 4) is 11.5 Å². The molecule has 6 heteroatoms. The van der Waals surface area contributed by atoms with E-state index in [9.17, 15) is 0 Å². The standard InChI is InChI=1S/C15H25ClN2O2.ClH/c1-15(2,9-17)10-18(3)8-11-6-7-12(19-4)14(20-5)13(11)16;/h6-7H,8-10,17H2,1-5H3;1H. The predicted molar refractivity (Wildman–Crippen MR) is 91.0 cm³/mol. The van der Waals surface area contributed by atoms with Crippen molar-refractivity contribution < 1.29 is 9.47 Å². The summed E-state index contributed by atoms with van der Waals surface area (Å²) in [6, 6.07) is 3.84. The first-order valence-electron chi connectivity index (χ1n) is 6.62. The van der Waals surface area contributed by atoms with Crippen molar-refractivity contribution in [2.45, 2.75) is 20.4 Å². The fourth-order valence-electron chi connectivity index (χ4n) is 2.19. The molecule has 0 unspecified atom stereocenters. The summed E-state index contributed by atoms with van der Waals surface area (Å²) in [7, 11) is 5.25. The molecule has 2 N–H and O–H groups in total. The van der Waals surface area contributed by atoms with Crippen LogP contribution in [-0.2, 0) is 6.54 Å². The quantitative estimate of drug-likeness (QED) is 0.830. The third-order valence-electron chi connectivity index (χ3n) is 3.26. The Morgan fingerprint density at radius 1 is 1.24 bits per heavy atom. The Labute approximate surface area is 138 Å². The number of benzene rings is 1. The van der Waals surface area contributed by atoms with E-state index in [0.29, 0.717) is 23.1 Å². The van der Waals surface area contributed by atoms with Crippen LogP contribution in [0.2, 0.25) is 5.02 Å². The minimum Gasteiger partial charge on any atom is -0.493 e. The van der Waals surface area contributed by atoms with Crippen LogP contribution in [0.25, 0.3) is 0 Å². The minimum absolute atomic E-state index is 0. The zero-order valence-electron chi connectivity index (χ0n) is 13.4. The highest BCUT2D eigenvalue weighted by Gasteiger charge is 2.20. The Bertz CT molecular complexity index is 454. The lowest BCUT2D eigenvalue weighted by atomic mass is 9.93. The number of methoxy groups -OCH3 is 2. The molecule has 122 valence electrons. The van der Waals surface area contributed by atoms with Gasteiger partial charge in [-0.25, -0.2) is 0 Å². The van der Waals surface area contributed by atoms with Gasteiger partial charge in [-0.3, -0.25) is 0 Å². The third-order valence-corrected chi connectivity index (χ3v) is 3.67. The van der Waals surface area contributed by atoms with Gasteiger partial charge in [0.1, 0.15) is 0 Å². The van der Waals surface area contributed by atoms with Crippen molar-refractivity contribution >= 4 is 24.0 Å². The Balaban J connectivity index is 0.00000400. The van der Waals surface area contributed by atoms with Crippen LogP contribution in [0.1, 0.15) is 19.4 Å². The molecule has 0 bridgehead atoms. The summed E-state index contributed by atoms with van der Waals surface area (Å²) in [4.78, 5) is 2.21. The number of ether oxygens (including phenoxy) is 2. The third kappa shape index (κ3) is 5.55. The Kier molecular flexibility index (Phi) is 8.41. The van der Waals surface area contributed by atoms with E-state index in [1.807, 2.05) is 12.1 Å². The van der Waals surface area contributed by atoms with E-state index >= 15 is 0 Å². The van der Waals surface area contributed by atoms with E-state index < -0.39 is 0 Å². The molecule has 0 saturated heterocycles. The van der Waals surface area contributed by atoms with Gasteiger partial charge in [0, 0.05) is 13.1 Å². The average molecular weight is 337 g/mol. The van der Waals surface area contributed by atoms with Gasteiger partial charge in [0.2, 0.25) is 0 Å². The molecule has 0 radical (unpaired) electrons. The maximum Gasteiger partial charge on any atom is 0.179 e. The molecule has 21 heavy (non-hydrogen) atoms. The van der Waals surface area contributed by atoms with Gasteiger partial charge in [-0.1, -0.05) is 31.5 Å². The Morgan fingerprint density at radius 2 is 1.86 bits per heavy atom. The molecule has 0 heterocycles. The van der Waals surface area contributed by atoms with Gasteiger partial charge < -0.3 is 20.1 Å². The highest BCUT2D eigenvalue weighted by Crippen LogP contribution is 2.37. The second-order valence-electron chi connectivity index (χ2n) is 5.81. The van der Waals surface area contributed by atoms with Crippen LogP contribution >= 0.6 is 24.0 Å². The molecular formula is C15H26Cl2N2O2. The average Bonchev–Trinajstić information content (AvgIpc) is 2.40. The monoisotopic (exact) mass is 336 g/mol. The number of nitrogens with zero attached hydrogens (tertiary/aromatic N) is 1. The summed E-state index contributed by atoms with van der Waals surface area (Å²) >= 11 is 6.39. The van der Waals surface area contributed by atoms with Crippen LogP contribution in [0.4, 0.5) is 0 Å². The van der Waals surface area contributed by atoms with E-state index in [2.05, 4.69) is 25.8 Å². The van der Waals surface area contributed by atoms with E-state index in [4.69, 9.17) is 26.8 Å². The summed E-state index contributed by atoms with van der Waals surface area (Å²) in [5.74, 6) is 1.23. The van der Waals surface area contributed by atoms with Gasteiger partial charge in [0.15, 0.2) is 11.5 Å². The molecule has 0 aliphatic rings. The molecule has 0 atom stereocenters. The van der Waals surface area contributed by atoms with Crippen molar-refractivity contribution in [3.63, 3.8) is 0 Å². The molecular weight excluding hydrogens is 311 g/mol. The van der Waals surface area contributed by atoms with Gasteiger partial charge in [-0.15, -0.1) is 12.4 Å². The first-order valence-corrected chi connectivity index (χ1v) is 7.00. The second-order valence-corrected chi connectivity index (χ2v) is 6.19. The number of hydrogen-bond donors (Lipinski definition) is 1. The lowest BCUT2D eigenvalue weighted by molar-refractivity contribution is 0.209. The van der Waals surface area contributed by atoms with Crippen LogP contribution in [0.5, 0.6) is 11.5 Å². The van der Waals surface area contributed by atoms with Gasteiger partial charge in [0.25, 0.3) is 0 Å².